The van der Waals surface area contributed by atoms with Crippen LogP contribution in [0.15, 0.2) is 36.7 Å². The second-order valence-electron chi connectivity index (χ2n) is 3.58. The number of halogens is 1. The summed E-state index contributed by atoms with van der Waals surface area (Å²) in [6.45, 7) is 0. The van der Waals surface area contributed by atoms with Gasteiger partial charge < -0.3 is 10.4 Å². The molecule has 9 heteroatoms. The Morgan fingerprint density at radius 3 is 2.80 bits per heavy atom. The van der Waals surface area contributed by atoms with E-state index in [0.29, 0.717) is 11.8 Å². The molecule has 0 atom stereocenters. The fourth-order valence-corrected chi connectivity index (χ4v) is 1.35. The number of carboxylic acids is 1. The summed E-state index contributed by atoms with van der Waals surface area (Å²) in [5.41, 5.74) is 0.326. The van der Waals surface area contributed by atoms with Gasteiger partial charge in [-0.25, -0.2) is 13.9 Å². The van der Waals surface area contributed by atoms with Crippen molar-refractivity contribution in [2.45, 2.75) is 0 Å². The number of nitrogens with one attached hydrogen (secondary N) is 1. The van der Waals surface area contributed by atoms with Crippen LogP contribution in [0.3, 0.4) is 0 Å². The number of hydrogen-bond acceptors (Lipinski definition) is 5. The molecule has 0 aliphatic carbocycles. The van der Waals surface area contributed by atoms with E-state index >= 15 is 0 Å². The molecule has 0 spiro atoms. The van der Waals surface area contributed by atoms with Gasteiger partial charge in [0.1, 0.15) is 12.1 Å². The third-order valence-electron chi connectivity index (χ3n) is 2.20. The van der Waals surface area contributed by atoms with Crippen molar-refractivity contribution in [1.29, 1.82) is 0 Å². The van der Waals surface area contributed by atoms with E-state index in [9.17, 15) is 14.0 Å². The molecule has 0 unspecified atom stereocenters. The Hall–Kier alpha value is -3.10. The summed E-state index contributed by atoms with van der Waals surface area (Å²) in [6, 6.07) is 3.88. The first kappa shape index (κ1) is 13.3. The maximum Gasteiger partial charge on any atom is 0.328 e. The first-order valence-corrected chi connectivity index (χ1v) is 5.31. The lowest BCUT2D eigenvalue weighted by Crippen LogP contribution is -2.10. The van der Waals surface area contributed by atoms with E-state index in [1.54, 1.807) is 0 Å². The summed E-state index contributed by atoms with van der Waals surface area (Å²) in [7, 11) is 0. The molecule has 1 amide bonds. The largest absolute Gasteiger partial charge is 0.478 e. The van der Waals surface area contributed by atoms with Crippen molar-refractivity contribution >= 4 is 17.6 Å². The number of rotatable bonds is 4. The minimum Gasteiger partial charge on any atom is -0.478 e. The van der Waals surface area contributed by atoms with Gasteiger partial charge in [0.2, 0.25) is 5.91 Å². The van der Waals surface area contributed by atoms with E-state index < -0.39 is 17.7 Å². The predicted molar refractivity (Wildman–Crippen MR) is 64.5 cm³/mol. The molecule has 2 aromatic rings. The topological polar surface area (TPSA) is 110 Å². The molecule has 1 heterocycles. The van der Waals surface area contributed by atoms with Crippen molar-refractivity contribution in [3.05, 3.63) is 42.5 Å². The molecule has 0 saturated heterocycles. The SMILES string of the molecule is O=C(O)/C=C/C(=O)Nc1cc(-n2cnnn2)ccc1F. The number of hydrogen-bond donors (Lipinski definition) is 2. The van der Waals surface area contributed by atoms with Gasteiger partial charge in [0.15, 0.2) is 0 Å². The number of carbonyl (C=O) groups is 2. The first-order valence-electron chi connectivity index (χ1n) is 5.31. The highest BCUT2D eigenvalue weighted by Crippen LogP contribution is 2.18. The standard InChI is InChI=1S/C11H8FN5O3/c12-8-2-1-7(17-6-13-15-16-17)5-9(8)14-10(18)3-4-11(19)20/h1-6H,(H,14,18)(H,19,20)/b4-3+. The zero-order valence-corrected chi connectivity index (χ0v) is 9.89. The lowest BCUT2D eigenvalue weighted by molar-refractivity contribution is -0.131. The highest BCUT2D eigenvalue weighted by Gasteiger charge is 2.08. The molecule has 0 saturated carbocycles. The van der Waals surface area contributed by atoms with Crippen LogP contribution in [0.5, 0.6) is 0 Å². The zero-order chi connectivity index (χ0) is 14.5. The van der Waals surface area contributed by atoms with Crippen molar-refractivity contribution < 1.29 is 19.1 Å². The minimum absolute atomic E-state index is 0.113. The van der Waals surface area contributed by atoms with Gasteiger partial charge in [0.25, 0.3) is 0 Å². The lowest BCUT2D eigenvalue weighted by Gasteiger charge is -2.06. The van der Waals surface area contributed by atoms with Crippen LogP contribution in [-0.4, -0.2) is 37.2 Å². The third kappa shape index (κ3) is 3.22. The molecular weight excluding hydrogens is 269 g/mol. The second kappa shape index (κ2) is 5.69. The predicted octanol–water partition coefficient (Wildman–Crippen LogP) is 0.381. The van der Waals surface area contributed by atoms with Gasteiger partial charge in [-0.05, 0) is 28.6 Å². The second-order valence-corrected chi connectivity index (χ2v) is 3.58. The molecule has 8 nitrogen and oxygen atoms in total. The fourth-order valence-electron chi connectivity index (χ4n) is 1.35. The Labute approximate surface area is 111 Å². The van der Waals surface area contributed by atoms with Crippen molar-refractivity contribution in [3.63, 3.8) is 0 Å². The van der Waals surface area contributed by atoms with Crippen molar-refractivity contribution in [2.24, 2.45) is 0 Å². The van der Waals surface area contributed by atoms with Crippen LogP contribution in [0.4, 0.5) is 10.1 Å². The Morgan fingerprint density at radius 2 is 2.15 bits per heavy atom. The van der Waals surface area contributed by atoms with Gasteiger partial charge in [-0.1, -0.05) is 0 Å². The van der Waals surface area contributed by atoms with E-state index in [2.05, 4.69) is 20.8 Å². The van der Waals surface area contributed by atoms with Gasteiger partial charge in [-0.2, -0.15) is 0 Å². The number of nitrogens with zero attached hydrogens (tertiary/aromatic N) is 4. The molecular formula is C11H8FN5O3. The Balaban J connectivity index is 2.21. The number of aliphatic carboxylic acids is 1. The van der Waals surface area contributed by atoms with E-state index in [1.165, 1.54) is 23.1 Å². The molecule has 1 aromatic carbocycles. The normalized spacial score (nSPS) is 10.7. The monoisotopic (exact) mass is 277 g/mol. The molecule has 102 valence electrons. The minimum atomic E-state index is -1.27. The van der Waals surface area contributed by atoms with Crippen LogP contribution in [0.25, 0.3) is 5.69 Å². The van der Waals surface area contributed by atoms with Crippen LogP contribution in [0, 0.1) is 5.82 Å². The van der Waals surface area contributed by atoms with Crippen LogP contribution < -0.4 is 5.32 Å². The summed E-state index contributed by atoms with van der Waals surface area (Å²) in [5.74, 6) is -2.71. The maximum absolute atomic E-state index is 13.6. The molecule has 1 aromatic heterocycles. The van der Waals surface area contributed by atoms with Crippen LogP contribution >= 0.6 is 0 Å². The molecule has 0 aliphatic rings. The van der Waals surface area contributed by atoms with Gasteiger partial charge in [0, 0.05) is 12.2 Å². The Bertz CT molecular complexity index is 669. The van der Waals surface area contributed by atoms with E-state index in [0.717, 1.165) is 12.1 Å². The summed E-state index contributed by atoms with van der Waals surface area (Å²) in [6.07, 6.45) is 2.74. The van der Waals surface area contributed by atoms with Crippen LogP contribution in [0.1, 0.15) is 0 Å². The smallest absolute Gasteiger partial charge is 0.328 e. The average molecular weight is 277 g/mol. The summed E-state index contributed by atoms with van der Waals surface area (Å²) >= 11 is 0. The zero-order valence-electron chi connectivity index (χ0n) is 9.89. The van der Waals surface area contributed by atoms with Crippen molar-refractivity contribution in [1.82, 2.24) is 20.2 Å². The average Bonchev–Trinajstić information content (AvgIpc) is 2.93. The van der Waals surface area contributed by atoms with Gasteiger partial charge in [-0.3, -0.25) is 4.79 Å². The number of carbonyl (C=O) groups excluding carboxylic acids is 1. The lowest BCUT2D eigenvalue weighted by atomic mass is 10.2. The number of benzene rings is 1. The number of anilines is 1. The summed E-state index contributed by atoms with van der Waals surface area (Å²) in [4.78, 5) is 21.7. The molecule has 2 N–H and O–H groups in total. The molecule has 0 fully saturated rings. The fraction of sp³-hybridized carbons (Fsp3) is 0. The van der Waals surface area contributed by atoms with Crippen molar-refractivity contribution in [2.75, 3.05) is 5.32 Å². The van der Waals surface area contributed by atoms with E-state index in [-0.39, 0.29) is 5.69 Å². The Morgan fingerprint density at radius 1 is 1.35 bits per heavy atom. The van der Waals surface area contributed by atoms with E-state index in [4.69, 9.17) is 5.11 Å². The van der Waals surface area contributed by atoms with Gasteiger partial charge in [0.05, 0.1) is 11.4 Å². The number of amides is 1. The maximum atomic E-state index is 13.6. The highest BCUT2D eigenvalue weighted by molar-refractivity contribution is 6.02. The molecule has 2 rings (SSSR count). The van der Waals surface area contributed by atoms with Gasteiger partial charge >= 0.3 is 5.97 Å². The quantitative estimate of drug-likeness (QED) is 0.782. The molecule has 20 heavy (non-hydrogen) atoms. The summed E-state index contributed by atoms with van der Waals surface area (Å²) in [5, 5.41) is 21.1. The number of tetrazole rings is 1. The van der Waals surface area contributed by atoms with E-state index in [1.807, 2.05) is 0 Å². The number of carboxylic acid groups (broad SMARTS) is 1. The molecule has 0 radical (unpaired) electrons. The first-order chi connectivity index (χ1) is 9.56. The molecule has 0 aliphatic heterocycles. The van der Waals surface area contributed by atoms with Crippen LogP contribution in [0.2, 0.25) is 0 Å². The number of aromatic nitrogens is 4. The molecule has 0 bridgehead atoms. The Kier molecular flexibility index (Phi) is 3.80. The van der Waals surface area contributed by atoms with Crippen molar-refractivity contribution in [3.8, 4) is 5.69 Å². The van der Waals surface area contributed by atoms with Crippen LogP contribution in [-0.2, 0) is 9.59 Å². The highest BCUT2D eigenvalue weighted by atomic mass is 19.1. The third-order valence-corrected chi connectivity index (χ3v) is 2.20. The van der Waals surface area contributed by atoms with Gasteiger partial charge in [-0.15, -0.1) is 5.10 Å². The summed E-state index contributed by atoms with van der Waals surface area (Å²) < 4.78 is 14.8.